The first kappa shape index (κ1) is 12.6. The van der Waals surface area contributed by atoms with Gasteiger partial charge in [0.1, 0.15) is 6.04 Å². The molecule has 3 heterocycles. The van der Waals surface area contributed by atoms with Crippen molar-refractivity contribution in [2.45, 2.75) is 32.0 Å². The summed E-state index contributed by atoms with van der Waals surface area (Å²) in [5.41, 5.74) is 1.15. The van der Waals surface area contributed by atoms with Gasteiger partial charge in [0.25, 0.3) is 0 Å². The topological polar surface area (TPSA) is 56.6 Å². The van der Waals surface area contributed by atoms with Crippen LogP contribution in [0.2, 0.25) is 0 Å². The lowest BCUT2D eigenvalue weighted by Gasteiger charge is -2.35. The molecule has 0 N–H and O–H groups in total. The predicted octanol–water partition coefficient (Wildman–Crippen LogP) is 0.208. The Balaban J connectivity index is 1.60. The van der Waals surface area contributed by atoms with Crippen LogP contribution in [0.4, 0.5) is 0 Å². The van der Waals surface area contributed by atoms with Gasteiger partial charge in [-0.05, 0) is 12.5 Å². The van der Waals surface area contributed by atoms with Gasteiger partial charge in [0, 0.05) is 25.7 Å². The molecule has 0 spiro atoms. The van der Waals surface area contributed by atoms with Crippen molar-refractivity contribution in [2.24, 2.45) is 0 Å². The fourth-order valence-electron chi connectivity index (χ4n) is 2.73. The van der Waals surface area contributed by atoms with Crippen LogP contribution in [0.25, 0.3) is 0 Å². The lowest BCUT2D eigenvalue weighted by Crippen LogP contribution is -2.50. The molecule has 0 unspecified atom stereocenters. The van der Waals surface area contributed by atoms with Crippen LogP contribution in [0.15, 0.2) is 12.4 Å². The van der Waals surface area contributed by atoms with Gasteiger partial charge < -0.3 is 9.47 Å². The zero-order valence-electron chi connectivity index (χ0n) is 11.1. The molecule has 0 saturated carbocycles. The highest BCUT2D eigenvalue weighted by Crippen LogP contribution is 2.18. The first-order valence-electron chi connectivity index (χ1n) is 6.74. The second-order valence-corrected chi connectivity index (χ2v) is 5.20. The lowest BCUT2D eigenvalue weighted by molar-refractivity contribution is -0.144. The quantitative estimate of drug-likeness (QED) is 0.731. The Bertz CT molecular complexity index is 460. The average Bonchev–Trinajstić information content (AvgIpc) is 2.99. The second kappa shape index (κ2) is 5.30. The van der Waals surface area contributed by atoms with Crippen molar-refractivity contribution in [1.82, 2.24) is 14.7 Å². The summed E-state index contributed by atoms with van der Waals surface area (Å²) in [4.78, 5) is 13.8. The van der Waals surface area contributed by atoms with Crippen molar-refractivity contribution in [3.05, 3.63) is 18.0 Å². The van der Waals surface area contributed by atoms with Gasteiger partial charge in [-0.25, -0.2) is 0 Å². The summed E-state index contributed by atoms with van der Waals surface area (Å²) in [6.07, 6.45) is 4.73. The van der Waals surface area contributed by atoms with Gasteiger partial charge >= 0.3 is 5.97 Å². The van der Waals surface area contributed by atoms with Crippen molar-refractivity contribution >= 4 is 5.97 Å². The lowest BCUT2D eigenvalue weighted by atomic mass is 10.1. The van der Waals surface area contributed by atoms with Crippen molar-refractivity contribution in [1.29, 1.82) is 0 Å². The summed E-state index contributed by atoms with van der Waals surface area (Å²) >= 11 is 0. The number of ether oxygens (including phenoxy) is 2. The fraction of sp³-hybridized carbons (Fsp3) is 0.692. The molecule has 2 aliphatic rings. The molecule has 2 fully saturated rings. The van der Waals surface area contributed by atoms with Crippen LogP contribution in [0.1, 0.15) is 12.0 Å². The van der Waals surface area contributed by atoms with Crippen LogP contribution in [0.5, 0.6) is 0 Å². The summed E-state index contributed by atoms with van der Waals surface area (Å²) in [5, 5.41) is 4.27. The van der Waals surface area contributed by atoms with Gasteiger partial charge in [-0.2, -0.15) is 5.10 Å². The summed E-state index contributed by atoms with van der Waals surface area (Å²) in [7, 11) is 0. The molecule has 6 nitrogen and oxygen atoms in total. The van der Waals surface area contributed by atoms with Gasteiger partial charge in [0.2, 0.25) is 0 Å². The van der Waals surface area contributed by atoms with Crippen LogP contribution < -0.4 is 0 Å². The first-order chi connectivity index (χ1) is 9.22. The van der Waals surface area contributed by atoms with E-state index in [1.807, 2.05) is 24.0 Å². The molecule has 0 bridgehead atoms. The third-order valence-electron chi connectivity index (χ3n) is 3.67. The molecule has 1 aromatic rings. The van der Waals surface area contributed by atoms with E-state index in [2.05, 4.69) is 10.00 Å². The van der Waals surface area contributed by atoms with Crippen molar-refractivity contribution < 1.29 is 14.3 Å². The maximum absolute atomic E-state index is 11.6. The van der Waals surface area contributed by atoms with Crippen molar-refractivity contribution in [3.8, 4) is 0 Å². The van der Waals surface area contributed by atoms with E-state index in [1.54, 1.807) is 0 Å². The van der Waals surface area contributed by atoms with E-state index < -0.39 is 0 Å². The van der Waals surface area contributed by atoms with Crippen molar-refractivity contribution in [2.75, 3.05) is 26.3 Å². The number of hydrogen-bond acceptors (Lipinski definition) is 5. The Hall–Kier alpha value is -1.40. The summed E-state index contributed by atoms with van der Waals surface area (Å²) in [6, 6.07) is -0.0780. The Morgan fingerprint density at radius 1 is 1.47 bits per heavy atom. The van der Waals surface area contributed by atoms with E-state index in [0.29, 0.717) is 13.2 Å². The molecule has 0 amide bonds. The first-order valence-corrected chi connectivity index (χ1v) is 6.74. The number of morpholine rings is 1. The van der Waals surface area contributed by atoms with Crippen LogP contribution in [0.3, 0.4) is 0 Å². The molecule has 0 aromatic carbocycles. The molecular weight excluding hydrogens is 246 g/mol. The monoisotopic (exact) mass is 265 g/mol. The SMILES string of the molecule is Cc1cnn(C[C@@H]2CN([C@H]3CCOC3=O)CCO2)c1. The fourth-order valence-corrected chi connectivity index (χ4v) is 2.73. The highest BCUT2D eigenvalue weighted by atomic mass is 16.5. The van der Waals surface area contributed by atoms with E-state index >= 15 is 0 Å². The number of aryl methyl sites for hydroxylation is 1. The third kappa shape index (κ3) is 2.79. The highest BCUT2D eigenvalue weighted by Gasteiger charge is 2.35. The number of cyclic esters (lactones) is 1. The summed E-state index contributed by atoms with van der Waals surface area (Å²) in [6.45, 7) is 5.52. The molecule has 2 atom stereocenters. The van der Waals surface area contributed by atoms with Gasteiger partial charge in [-0.15, -0.1) is 0 Å². The van der Waals surface area contributed by atoms with Gasteiger partial charge in [0.05, 0.1) is 32.1 Å². The van der Waals surface area contributed by atoms with E-state index in [4.69, 9.17) is 9.47 Å². The largest absolute Gasteiger partial charge is 0.464 e. The van der Waals surface area contributed by atoms with E-state index in [1.165, 1.54) is 0 Å². The van der Waals surface area contributed by atoms with E-state index in [-0.39, 0.29) is 18.1 Å². The Kier molecular flexibility index (Phi) is 3.52. The maximum atomic E-state index is 11.6. The minimum absolute atomic E-state index is 0.0780. The van der Waals surface area contributed by atoms with Crippen LogP contribution >= 0.6 is 0 Å². The molecule has 2 saturated heterocycles. The number of rotatable bonds is 3. The van der Waals surface area contributed by atoms with Crippen LogP contribution in [-0.4, -0.2) is 59.1 Å². The van der Waals surface area contributed by atoms with E-state index in [9.17, 15) is 4.79 Å². The Morgan fingerprint density at radius 2 is 2.37 bits per heavy atom. The molecule has 6 heteroatoms. The number of hydrogen-bond donors (Lipinski definition) is 0. The number of nitrogens with zero attached hydrogens (tertiary/aromatic N) is 3. The minimum Gasteiger partial charge on any atom is -0.464 e. The van der Waals surface area contributed by atoms with Gasteiger partial charge in [0.15, 0.2) is 0 Å². The molecule has 2 aliphatic heterocycles. The van der Waals surface area contributed by atoms with E-state index in [0.717, 1.165) is 31.6 Å². The standard InChI is InChI=1S/C13H19N3O3/c1-10-6-14-16(7-10)9-11-8-15(3-5-18-11)12-2-4-19-13(12)17/h6-7,11-12H,2-5,8-9H2,1H3/t11-,12-/m0/s1. The number of carbonyl (C=O) groups is 1. The molecule has 3 rings (SSSR count). The second-order valence-electron chi connectivity index (χ2n) is 5.20. The predicted molar refractivity (Wildman–Crippen MR) is 67.6 cm³/mol. The summed E-state index contributed by atoms with van der Waals surface area (Å²) in [5.74, 6) is -0.0874. The molecule has 104 valence electrons. The molecule has 1 aromatic heterocycles. The zero-order valence-corrected chi connectivity index (χ0v) is 11.1. The maximum Gasteiger partial charge on any atom is 0.323 e. The Labute approximate surface area is 112 Å². The molecule has 0 aliphatic carbocycles. The summed E-state index contributed by atoms with van der Waals surface area (Å²) < 4.78 is 12.7. The van der Waals surface area contributed by atoms with Crippen LogP contribution in [-0.2, 0) is 20.8 Å². The Morgan fingerprint density at radius 3 is 3.05 bits per heavy atom. The smallest absolute Gasteiger partial charge is 0.323 e. The number of carbonyl (C=O) groups excluding carboxylic acids is 1. The molecule has 19 heavy (non-hydrogen) atoms. The zero-order chi connectivity index (χ0) is 13.2. The molecular formula is C13H19N3O3. The minimum atomic E-state index is -0.0874. The third-order valence-corrected chi connectivity index (χ3v) is 3.67. The van der Waals surface area contributed by atoms with Crippen molar-refractivity contribution in [3.63, 3.8) is 0 Å². The van der Waals surface area contributed by atoms with Gasteiger partial charge in [-0.1, -0.05) is 0 Å². The highest BCUT2D eigenvalue weighted by molar-refractivity contribution is 5.77. The van der Waals surface area contributed by atoms with Gasteiger partial charge in [-0.3, -0.25) is 14.4 Å². The number of aromatic nitrogens is 2. The van der Waals surface area contributed by atoms with Crippen LogP contribution in [0, 0.1) is 6.92 Å². The average molecular weight is 265 g/mol. The molecule has 0 radical (unpaired) electrons. The number of esters is 1. The normalized spacial score (nSPS) is 28.6.